The van der Waals surface area contributed by atoms with Gasteiger partial charge < -0.3 is 20.1 Å². The Hall–Kier alpha value is -2.53. The average molecular weight is 328 g/mol. The maximum Gasteiger partial charge on any atom is 0.238 e. The summed E-state index contributed by atoms with van der Waals surface area (Å²) in [6, 6.07) is 13.4. The second-order valence-electron chi connectivity index (χ2n) is 5.63. The van der Waals surface area contributed by atoms with Crippen molar-refractivity contribution in [3.05, 3.63) is 53.6 Å². The number of carbonyl (C=O) groups excluding carboxylic acids is 1. The molecular weight excluding hydrogens is 304 g/mol. The van der Waals surface area contributed by atoms with Crippen LogP contribution in [-0.2, 0) is 4.79 Å². The normalized spacial score (nSPS) is 10.3. The molecule has 0 spiro atoms. The van der Waals surface area contributed by atoms with Crippen molar-refractivity contribution < 1.29 is 14.3 Å². The molecule has 128 valence electrons. The number of hydrogen-bond acceptors (Lipinski definition) is 4. The second-order valence-corrected chi connectivity index (χ2v) is 5.63. The molecule has 5 nitrogen and oxygen atoms in total. The number of methoxy groups -OCH3 is 1. The van der Waals surface area contributed by atoms with Crippen LogP contribution in [0.3, 0.4) is 0 Å². The molecule has 0 saturated heterocycles. The fourth-order valence-corrected chi connectivity index (χ4v) is 2.37. The molecule has 1 amide bonds. The number of rotatable bonds is 8. The lowest BCUT2D eigenvalue weighted by Crippen LogP contribution is -2.31. The first-order chi connectivity index (χ1) is 11.6. The summed E-state index contributed by atoms with van der Waals surface area (Å²) in [4.78, 5) is 11.9. The molecule has 2 aromatic rings. The van der Waals surface area contributed by atoms with Gasteiger partial charge in [-0.05, 0) is 61.4 Å². The zero-order valence-electron chi connectivity index (χ0n) is 14.4. The lowest BCUT2D eigenvalue weighted by molar-refractivity contribution is -0.115. The molecule has 5 heteroatoms. The fourth-order valence-electron chi connectivity index (χ4n) is 2.37. The third kappa shape index (κ3) is 5.93. The van der Waals surface area contributed by atoms with Crippen LogP contribution in [0.1, 0.15) is 11.1 Å². The summed E-state index contributed by atoms with van der Waals surface area (Å²) in [6.45, 7) is 5.35. The first-order valence-electron chi connectivity index (χ1n) is 7.92. The summed E-state index contributed by atoms with van der Waals surface area (Å²) < 4.78 is 10.7. The van der Waals surface area contributed by atoms with Crippen molar-refractivity contribution in [3.63, 3.8) is 0 Å². The van der Waals surface area contributed by atoms with Crippen molar-refractivity contribution in [2.24, 2.45) is 0 Å². The van der Waals surface area contributed by atoms with Gasteiger partial charge in [0.2, 0.25) is 5.91 Å². The van der Waals surface area contributed by atoms with E-state index in [-0.39, 0.29) is 12.5 Å². The van der Waals surface area contributed by atoms with Crippen molar-refractivity contribution in [3.8, 4) is 11.5 Å². The Morgan fingerprint density at radius 3 is 2.25 bits per heavy atom. The Bertz CT molecular complexity index is 649. The quantitative estimate of drug-likeness (QED) is 0.732. The molecule has 0 fully saturated rings. The first-order valence-corrected chi connectivity index (χ1v) is 7.92. The zero-order valence-corrected chi connectivity index (χ0v) is 14.4. The highest BCUT2D eigenvalue weighted by Crippen LogP contribution is 2.16. The molecular formula is C19H24N2O3. The van der Waals surface area contributed by atoms with E-state index in [1.54, 1.807) is 7.11 Å². The lowest BCUT2D eigenvalue weighted by Gasteiger charge is -2.10. The topological polar surface area (TPSA) is 59.6 Å². The second kappa shape index (κ2) is 8.93. The average Bonchev–Trinajstić information content (AvgIpc) is 2.54. The molecule has 0 bridgehead atoms. The van der Waals surface area contributed by atoms with E-state index in [0.717, 1.165) is 28.3 Å². The van der Waals surface area contributed by atoms with Gasteiger partial charge in [0.05, 0.1) is 13.7 Å². The highest BCUT2D eigenvalue weighted by molar-refractivity contribution is 5.92. The Labute approximate surface area is 143 Å². The summed E-state index contributed by atoms with van der Waals surface area (Å²) in [5.41, 5.74) is 3.09. The van der Waals surface area contributed by atoms with Crippen LogP contribution in [0.5, 0.6) is 11.5 Å². The Kier molecular flexibility index (Phi) is 6.63. The fraction of sp³-hybridized carbons (Fsp3) is 0.316. The summed E-state index contributed by atoms with van der Waals surface area (Å²) in [7, 11) is 1.63. The summed E-state index contributed by atoms with van der Waals surface area (Å²) >= 11 is 0. The minimum Gasteiger partial charge on any atom is -0.497 e. The summed E-state index contributed by atoms with van der Waals surface area (Å²) in [5.74, 6) is 1.50. The molecule has 0 atom stereocenters. The predicted molar refractivity (Wildman–Crippen MR) is 95.9 cm³/mol. The number of ether oxygens (including phenoxy) is 2. The molecule has 0 aliphatic heterocycles. The van der Waals surface area contributed by atoms with Crippen LogP contribution in [0.15, 0.2) is 42.5 Å². The number of hydrogen-bond donors (Lipinski definition) is 2. The van der Waals surface area contributed by atoms with Crippen LogP contribution in [0, 0.1) is 13.8 Å². The Balaban J connectivity index is 1.65. The Morgan fingerprint density at radius 1 is 1.00 bits per heavy atom. The smallest absolute Gasteiger partial charge is 0.238 e. The molecule has 2 N–H and O–H groups in total. The van der Waals surface area contributed by atoms with E-state index in [0.29, 0.717) is 13.2 Å². The third-order valence-corrected chi connectivity index (χ3v) is 3.40. The number of nitrogens with one attached hydrogen (secondary N) is 2. The molecule has 2 rings (SSSR count). The number of aryl methyl sites for hydroxylation is 2. The first kappa shape index (κ1) is 17.8. The highest BCUT2D eigenvalue weighted by atomic mass is 16.5. The summed E-state index contributed by atoms with van der Waals surface area (Å²) in [5, 5.41) is 5.95. The van der Waals surface area contributed by atoms with Crippen LogP contribution < -0.4 is 20.1 Å². The Morgan fingerprint density at radius 2 is 1.62 bits per heavy atom. The van der Waals surface area contributed by atoms with Gasteiger partial charge in [0.25, 0.3) is 0 Å². The number of carbonyl (C=O) groups is 1. The van der Waals surface area contributed by atoms with Gasteiger partial charge in [0.1, 0.15) is 18.1 Å². The molecule has 2 aromatic carbocycles. The number of amides is 1. The van der Waals surface area contributed by atoms with Crippen molar-refractivity contribution in [1.29, 1.82) is 0 Å². The van der Waals surface area contributed by atoms with Gasteiger partial charge in [-0.3, -0.25) is 4.79 Å². The zero-order chi connectivity index (χ0) is 17.4. The molecule has 0 saturated carbocycles. The molecule has 0 aromatic heterocycles. The van der Waals surface area contributed by atoms with Crippen molar-refractivity contribution in [2.75, 3.05) is 32.1 Å². The molecule has 0 unspecified atom stereocenters. The monoisotopic (exact) mass is 328 g/mol. The van der Waals surface area contributed by atoms with Gasteiger partial charge in [-0.15, -0.1) is 0 Å². The minimum atomic E-state index is -0.0653. The predicted octanol–water partition coefficient (Wildman–Crippen LogP) is 2.92. The maximum absolute atomic E-state index is 11.9. The van der Waals surface area contributed by atoms with E-state index < -0.39 is 0 Å². The standard InChI is InChI=1S/C19H24N2O3/c1-14-10-15(2)12-16(11-14)21-19(22)13-20-8-9-24-18-6-4-17(23-3)5-7-18/h4-7,10-12,20H,8-9,13H2,1-3H3,(H,21,22). The van der Waals surface area contributed by atoms with E-state index in [1.807, 2.05) is 50.2 Å². The van der Waals surface area contributed by atoms with Crippen LogP contribution in [0.2, 0.25) is 0 Å². The van der Waals surface area contributed by atoms with E-state index in [2.05, 4.69) is 16.7 Å². The van der Waals surface area contributed by atoms with Crippen LogP contribution >= 0.6 is 0 Å². The highest BCUT2D eigenvalue weighted by Gasteiger charge is 2.03. The maximum atomic E-state index is 11.9. The van der Waals surface area contributed by atoms with Gasteiger partial charge in [0, 0.05) is 12.2 Å². The summed E-state index contributed by atoms with van der Waals surface area (Å²) in [6.07, 6.45) is 0. The van der Waals surface area contributed by atoms with Gasteiger partial charge in [-0.25, -0.2) is 0 Å². The molecule has 0 heterocycles. The van der Waals surface area contributed by atoms with Gasteiger partial charge in [-0.2, -0.15) is 0 Å². The van der Waals surface area contributed by atoms with Crippen molar-refractivity contribution in [2.45, 2.75) is 13.8 Å². The molecule has 0 radical (unpaired) electrons. The van der Waals surface area contributed by atoms with Gasteiger partial charge >= 0.3 is 0 Å². The molecule has 0 aliphatic carbocycles. The lowest BCUT2D eigenvalue weighted by atomic mass is 10.1. The van der Waals surface area contributed by atoms with Gasteiger partial charge in [0.15, 0.2) is 0 Å². The van der Waals surface area contributed by atoms with Gasteiger partial charge in [-0.1, -0.05) is 6.07 Å². The number of anilines is 1. The van der Waals surface area contributed by atoms with Crippen LogP contribution in [0.25, 0.3) is 0 Å². The minimum absolute atomic E-state index is 0.0653. The van der Waals surface area contributed by atoms with Crippen LogP contribution in [-0.4, -0.2) is 32.7 Å². The van der Waals surface area contributed by atoms with Crippen molar-refractivity contribution >= 4 is 11.6 Å². The SMILES string of the molecule is COc1ccc(OCCNCC(=O)Nc2cc(C)cc(C)c2)cc1. The molecule has 24 heavy (non-hydrogen) atoms. The van der Waals surface area contributed by atoms with Crippen molar-refractivity contribution in [1.82, 2.24) is 5.32 Å². The third-order valence-electron chi connectivity index (χ3n) is 3.40. The number of benzene rings is 2. The van der Waals surface area contributed by atoms with E-state index in [4.69, 9.17) is 9.47 Å². The van der Waals surface area contributed by atoms with Crippen LogP contribution in [0.4, 0.5) is 5.69 Å². The molecule has 0 aliphatic rings. The van der Waals surface area contributed by atoms with E-state index in [1.165, 1.54) is 0 Å². The largest absolute Gasteiger partial charge is 0.497 e. The van der Waals surface area contributed by atoms with E-state index in [9.17, 15) is 4.79 Å². The van der Waals surface area contributed by atoms with E-state index >= 15 is 0 Å².